The molecule has 0 N–H and O–H groups in total. The van der Waals surface area contributed by atoms with Crippen LogP contribution in [0.4, 0.5) is 17.1 Å². The summed E-state index contributed by atoms with van der Waals surface area (Å²) >= 11 is 0. The number of para-hydroxylation sites is 1. The Hall–Kier alpha value is -3.01. The van der Waals surface area contributed by atoms with Crippen LogP contribution in [0.3, 0.4) is 0 Å². The van der Waals surface area contributed by atoms with Gasteiger partial charge in [0.15, 0.2) is 5.75 Å². The molecule has 3 aromatic carbocycles. The summed E-state index contributed by atoms with van der Waals surface area (Å²) in [6, 6.07) is 19.5. The number of hydrogen-bond donors (Lipinski definition) is 0. The van der Waals surface area contributed by atoms with Crippen molar-refractivity contribution >= 4 is 34.0 Å². The minimum absolute atomic E-state index is 0.244. The van der Waals surface area contributed by atoms with E-state index < -0.39 is 5.72 Å². The first kappa shape index (κ1) is 19.7. The first-order valence-corrected chi connectivity index (χ1v) is 11.8. The lowest BCUT2D eigenvalue weighted by molar-refractivity contribution is 0.0827. The van der Waals surface area contributed by atoms with Crippen molar-refractivity contribution in [2.24, 2.45) is 10.9 Å². The van der Waals surface area contributed by atoms with Crippen LogP contribution in [0.1, 0.15) is 39.2 Å². The second kappa shape index (κ2) is 6.74. The Balaban J connectivity index is 1.51. The van der Waals surface area contributed by atoms with E-state index in [-0.39, 0.29) is 5.41 Å². The maximum Gasteiger partial charge on any atom is 0.228 e. The second-order valence-electron chi connectivity index (χ2n) is 10.2. The molecule has 4 nitrogen and oxygen atoms in total. The maximum absolute atomic E-state index is 7.00. The molecule has 1 unspecified atom stereocenters. The highest BCUT2D eigenvalue weighted by atomic mass is 16.5. The molecule has 32 heavy (non-hydrogen) atoms. The lowest BCUT2D eigenvalue weighted by atomic mass is 9.77. The molecule has 4 heteroatoms. The van der Waals surface area contributed by atoms with Crippen molar-refractivity contribution in [3.63, 3.8) is 0 Å². The number of anilines is 2. The number of fused-ring (bicyclic) bond motifs is 4. The highest BCUT2D eigenvalue weighted by Crippen LogP contribution is 2.55. The average Bonchev–Trinajstić information content (AvgIpc) is 2.97. The number of benzene rings is 3. The maximum atomic E-state index is 7.00. The van der Waals surface area contributed by atoms with Crippen LogP contribution >= 0.6 is 0 Å². The third kappa shape index (κ3) is 2.52. The van der Waals surface area contributed by atoms with Crippen molar-refractivity contribution in [3.8, 4) is 5.75 Å². The third-order valence-corrected chi connectivity index (χ3v) is 8.05. The first-order valence-electron chi connectivity index (χ1n) is 11.8. The summed E-state index contributed by atoms with van der Waals surface area (Å²) in [7, 11) is 2.12. The number of hydrogen-bond acceptors (Lipinski definition) is 4. The van der Waals surface area contributed by atoms with E-state index in [0.717, 1.165) is 30.4 Å². The van der Waals surface area contributed by atoms with Crippen molar-refractivity contribution < 1.29 is 4.74 Å². The van der Waals surface area contributed by atoms with Crippen molar-refractivity contribution in [3.05, 3.63) is 60.2 Å². The Morgan fingerprint density at radius 1 is 0.938 bits per heavy atom. The third-order valence-electron chi connectivity index (χ3n) is 8.05. The molecule has 3 heterocycles. The fourth-order valence-electron chi connectivity index (χ4n) is 5.91. The predicted molar refractivity (Wildman–Crippen MR) is 134 cm³/mol. The van der Waals surface area contributed by atoms with Gasteiger partial charge >= 0.3 is 0 Å². The number of ether oxygens (including phenoxy) is 1. The van der Waals surface area contributed by atoms with Gasteiger partial charge in [0.25, 0.3) is 0 Å². The molecule has 3 aliphatic rings. The van der Waals surface area contributed by atoms with Gasteiger partial charge in [0, 0.05) is 48.4 Å². The van der Waals surface area contributed by atoms with Crippen LogP contribution in [0.15, 0.2) is 59.6 Å². The number of likely N-dealkylation sites (N-methyl/N-ethyl adjacent to an activating group) is 1. The SMILES string of the molecule is CC1CCN(c2cc3c(c4ccccc24)N=CC2(O3)N(C)c3ccccc3C2(C)C)CC1. The van der Waals surface area contributed by atoms with Gasteiger partial charge in [-0.15, -0.1) is 0 Å². The van der Waals surface area contributed by atoms with E-state index in [1.807, 2.05) is 6.21 Å². The van der Waals surface area contributed by atoms with Crippen LogP contribution < -0.4 is 14.5 Å². The van der Waals surface area contributed by atoms with Gasteiger partial charge < -0.3 is 14.5 Å². The van der Waals surface area contributed by atoms with E-state index in [9.17, 15) is 0 Å². The molecule has 6 rings (SSSR count). The Morgan fingerprint density at radius 2 is 1.62 bits per heavy atom. The summed E-state index contributed by atoms with van der Waals surface area (Å²) in [5.41, 5.74) is 3.82. The van der Waals surface area contributed by atoms with Gasteiger partial charge in [0.1, 0.15) is 5.69 Å². The molecule has 3 aliphatic heterocycles. The van der Waals surface area contributed by atoms with E-state index in [0.29, 0.717) is 0 Å². The summed E-state index contributed by atoms with van der Waals surface area (Å²) in [6.07, 6.45) is 4.50. The zero-order valence-electron chi connectivity index (χ0n) is 19.4. The lowest BCUT2D eigenvalue weighted by Gasteiger charge is -2.45. The highest BCUT2D eigenvalue weighted by Gasteiger charge is 2.58. The standard InChI is InChI=1S/C28H31N3O/c1-19-13-15-31(16-14-19)24-17-25-26(21-10-6-5-9-20(21)24)29-18-28(32-25)27(2,3)22-11-7-8-12-23(22)30(28)4/h5-12,17-19H,13-16H2,1-4H3. The molecule has 0 saturated carbocycles. The predicted octanol–water partition coefficient (Wildman–Crippen LogP) is 6.29. The Kier molecular flexibility index (Phi) is 4.14. The Labute approximate surface area is 190 Å². The normalized spacial score (nSPS) is 24.0. The van der Waals surface area contributed by atoms with Gasteiger partial charge in [0.05, 0.1) is 11.6 Å². The fourth-order valence-corrected chi connectivity index (χ4v) is 5.91. The zero-order valence-corrected chi connectivity index (χ0v) is 19.4. The summed E-state index contributed by atoms with van der Waals surface area (Å²) in [4.78, 5) is 9.87. The molecule has 0 aromatic heterocycles. The lowest BCUT2D eigenvalue weighted by Crippen LogP contribution is -2.61. The van der Waals surface area contributed by atoms with Crippen molar-refractivity contribution in [2.75, 3.05) is 29.9 Å². The van der Waals surface area contributed by atoms with Gasteiger partial charge in [-0.05, 0) is 44.2 Å². The molecule has 164 valence electrons. The smallest absolute Gasteiger partial charge is 0.228 e. The van der Waals surface area contributed by atoms with Gasteiger partial charge in [-0.2, -0.15) is 0 Å². The van der Waals surface area contributed by atoms with Crippen molar-refractivity contribution in [1.29, 1.82) is 0 Å². The first-order chi connectivity index (χ1) is 15.4. The van der Waals surface area contributed by atoms with Crippen LogP contribution in [-0.4, -0.2) is 32.1 Å². The number of aliphatic imine (C=N–C) groups is 1. The van der Waals surface area contributed by atoms with E-state index in [2.05, 4.69) is 92.2 Å². The summed E-state index contributed by atoms with van der Waals surface area (Å²) < 4.78 is 7.00. The van der Waals surface area contributed by atoms with Gasteiger partial charge in [0.2, 0.25) is 5.72 Å². The topological polar surface area (TPSA) is 28.1 Å². The molecule has 0 radical (unpaired) electrons. The molecule has 0 bridgehead atoms. The minimum atomic E-state index is -0.653. The van der Waals surface area contributed by atoms with Crippen LogP contribution in [0.5, 0.6) is 5.75 Å². The summed E-state index contributed by atoms with van der Waals surface area (Å²) in [5, 5.41) is 2.43. The van der Waals surface area contributed by atoms with Gasteiger partial charge in [-0.25, -0.2) is 0 Å². The Morgan fingerprint density at radius 3 is 2.38 bits per heavy atom. The van der Waals surface area contributed by atoms with Gasteiger partial charge in [-0.3, -0.25) is 4.99 Å². The molecular weight excluding hydrogens is 394 g/mol. The number of piperidine rings is 1. The molecular formula is C28H31N3O. The van der Waals surface area contributed by atoms with Crippen molar-refractivity contribution in [1.82, 2.24) is 0 Å². The van der Waals surface area contributed by atoms with Crippen molar-refractivity contribution in [2.45, 2.75) is 44.8 Å². The monoisotopic (exact) mass is 425 g/mol. The van der Waals surface area contributed by atoms with Crippen LogP contribution in [0, 0.1) is 5.92 Å². The quantitative estimate of drug-likeness (QED) is 0.458. The number of rotatable bonds is 1. The highest BCUT2D eigenvalue weighted by molar-refractivity contribution is 6.06. The molecule has 0 aliphatic carbocycles. The van der Waals surface area contributed by atoms with Crippen LogP contribution in [0.25, 0.3) is 10.8 Å². The second-order valence-corrected chi connectivity index (χ2v) is 10.2. The fraction of sp³-hybridized carbons (Fsp3) is 0.393. The minimum Gasteiger partial charge on any atom is -0.459 e. The van der Waals surface area contributed by atoms with E-state index in [1.54, 1.807) is 0 Å². The average molecular weight is 426 g/mol. The Bertz CT molecular complexity index is 1240. The summed E-state index contributed by atoms with van der Waals surface area (Å²) in [5.74, 6) is 1.68. The molecule has 1 spiro atoms. The molecule has 1 fully saturated rings. The van der Waals surface area contributed by atoms with Crippen LogP contribution in [-0.2, 0) is 5.41 Å². The van der Waals surface area contributed by atoms with E-state index >= 15 is 0 Å². The van der Waals surface area contributed by atoms with Gasteiger partial charge in [-0.1, -0.05) is 49.4 Å². The largest absolute Gasteiger partial charge is 0.459 e. The molecule has 1 saturated heterocycles. The molecule has 1 atom stereocenters. The molecule has 3 aromatic rings. The zero-order chi connectivity index (χ0) is 22.1. The van der Waals surface area contributed by atoms with Crippen LogP contribution in [0.2, 0.25) is 0 Å². The summed E-state index contributed by atoms with van der Waals surface area (Å²) in [6.45, 7) is 9.07. The molecule has 0 amide bonds. The van der Waals surface area contributed by atoms with E-state index in [4.69, 9.17) is 9.73 Å². The number of nitrogens with zero attached hydrogens (tertiary/aromatic N) is 3. The van der Waals surface area contributed by atoms with E-state index in [1.165, 1.54) is 40.6 Å².